The van der Waals surface area contributed by atoms with Gasteiger partial charge in [0.1, 0.15) is 11.4 Å². The molecule has 1 aromatic rings. The summed E-state index contributed by atoms with van der Waals surface area (Å²) in [5.41, 5.74) is -1.08. The molecule has 5 nitrogen and oxygen atoms in total. The number of rotatable bonds is 5. The molecule has 0 saturated heterocycles. The number of guanidine groups is 1. The lowest BCUT2D eigenvalue weighted by Gasteiger charge is -2.19. The minimum absolute atomic E-state index is 0.246. The van der Waals surface area contributed by atoms with Crippen LogP contribution >= 0.6 is 0 Å². The summed E-state index contributed by atoms with van der Waals surface area (Å²) in [4.78, 5) is 4.32. The number of nitrogens with one attached hydrogen (secondary N) is 2. The van der Waals surface area contributed by atoms with Crippen LogP contribution < -0.4 is 10.6 Å². The molecule has 1 unspecified atom stereocenters. The highest BCUT2D eigenvalue weighted by Gasteiger charge is 2.25. The molecule has 0 amide bonds. The van der Waals surface area contributed by atoms with Crippen molar-refractivity contribution >= 4 is 5.96 Å². The van der Waals surface area contributed by atoms with Gasteiger partial charge in [0.15, 0.2) is 5.96 Å². The fourth-order valence-electron chi connectivity index (χ4n) is 1.41. The van der Waals surface area contributed by atoms with Crippen LogP contribution in [0.15, 0.2) is 27.8 Å². The molecule has 5 heteroatoms. The van der Waals surface area contributed by atoms with Gasteiger partial charge in [0.05, 0.1) is 12.8 Å². The lowest BCUT2D eigenvalue weighted by Crippen LogP contribution is -2.38. The van der Waals surface area contributed by atoms with E-state index in [1.807, 2.05) is 13.8 Å². The largest absolute Gasteiger partial charge is 0.466 e. The van der Waals surface area contributed by atoms with E-state index in [0.29, 0.717) is 11.7 Å². The Balaban J connectivity index is 2.65. The number of hydrogen-bond donors (Lipinski definition) is 3. The molecule has 0 aliphatic rings. The molecule has 1 rings (SSSR count). The van der Waals surface area contributed by atoms with Crippen molar-refractivity contribution in [2.24, 2.45) is 4.99 Å². The minimum Gasteiger partial charge on any atom is -0.466 e. The molecule has 0 saturated carbocycles. The first-order chi connectivity index (χ1) is 8.10. The smallest absolute Gasteiger partial charge is 0.191 e. The molecule has 1 heterocycles. The highest BCUT2D eigenvalue weighted by Crippen LogP contribution is 2.20. The summed E-state index contributed by atoms with van der Waals surface area (Å²) in [6.07, 6.45) is 1.54. The zero-order valence-corrected chi connectivity index (χ0v) is 10.7. The predicted molar refractivity (Wildman–Crippen MR) is 67.9 cm³/mol. The van der Waals surface area contributed by atoms with Crippen LogP contribution in [0, 0.1) is 0 Å². The Labute approximate surface area is 102 Å². The highest BCUT2D eigenvalue weighted by atomic mass is 16.4. The van der Waals surface area contributed by atoms with Gasteiger partial charge in [-0.25, -0.2) is 4.99 Å². The first-order valence-corrected chi connectivity index (χ1v) is 5.88. The Morgan fingerprint density at radius 3 is 2.53 bits per heavy atom. The van der Waals surface area contributed by atoms with Gasteiger partial charge in [0.25, 0.3) is 0 Å². The standard InChI is InChI=1S/C12H21N3O2/c1-4-13-11(14-5-2)15-9-12(3,16)10-7-6-8-17-10/h6-8,16H,4-5,9H2,1-3H3,(H2,13,14,15). The van der Waals surface area contributed by atoms with E-state index in [9.17, 15) is 5.11 Å². The van der Waals surface area contributed by atoms with E-state index in [2.05, 4.69) is 15.6 Å². The summed E-state index contributed by atoms with van der Waals surface area (Å²) < 4.78 is 5.19. The Hall–Kier alpha value is -1.49. The van der Waals surface area contributed by atoms with Crippen molar-refractivity contribution in [3.8, 4) is 0 Å². The lowest BCUT2D eigenvalue weighted by molar-refractivity contribution is 0.0437. The first-order valence-electron chi connectivity index (χ1n) is 5.88. The third-order valence-corrected chi connectivity index (χ3v) is 2.29. The molecule has 1 atom stereocenters. The normalized spacial score (nSPS) is 13.9. The SMILES string of the molecule is CCNC(=NCC(C)(O)c1ccco1)NCC. The summed E-state index contributed by atoms with van der Waals surface area (Å²) in [5, 5.41) is 16.4. The maximum atomic E-state index is 10.2. The Kier molecular flexibility index (Phi) is 5.03. The zero-order chi connectivity index (χ0) is 12.7. The molecule has 0 radical (unpaired) electrons. The first kappa shape index (κ1) is 13.6. The molecule has 0 spiro atoms. The molecule has 17 heavy (non-hydrogen) atoms. The molecule has 0 bridgehead atoms. The van der Waals surface area contributed by atoms with E-state index >= 15 is 0 Å². The van der Waals surface area contributed by atoms with E-state index in [1.54, 1.807) is 25.3 Å². The zero-order valence-electron chi connectivity index (χ0n) is 10.7. The average Bonchev–Trinajstić information content (AvgIpc) is 2.81. The van der Waals surface area contributed by atoms with Crippen LogP contribution in [0.5, 0.6) is 0 Å². The van der Waals surface area contributed by atoms with Gasteiger partial charge in [-0.15, -0.1) is 0 Å². The Bertz CT molecular complexity index is 337. The monoisotopic (exact) mass is 239 g/mol. The second-order valence-electron chi connectivity index (χ2n) is 3.98. The summed E-state index contributed by atoms with van der Waals surface area (Å²) in [5.74, 6) is 1.22. The van der Waals surface area contributed by atoms with Crippen LogP contribution in [0.2, 0.25) is 0 Å². The third-order valence-electron chi connectivity index (χ3n) is 2.29. The number of furan rings is 1. The molecular formula is C12H21N3O2. The van der Waals surface area contributed by atoms with Crippen molar-refractivity contribution in [3.63, 3.8) is 0 Å². The number of aliphatic imine (C=N–C) groups is 1. The van der Waals surface area contributed by atoms with Crippen molar-refractivity contribution in [2.75, 3.05) is 19.6 Å². The predicted octanol–water partition coefficient (Wildman–Crippen LogP) is 1.06. The molecule has 0 fully saturated rings. The van der Waals surface area contributed by atoms with E-state index in [0.717, 1.165) is 13.1 Å². The number of hydrogen-bond acceptors (Lipinski definition) is 3. The van der Waals surface area contributed by atoms with E-state index < -0.39 is 5.60 Å². The van der Waals surface area contributed by atoms with Gasteiger partial charge in [-0.1, -0.05) is 0 Å². The maximum Gasteiger partial charge on any atom is 0.191 e. The molecule has 1 aromatic heterocycles. The van der Waals surface area contributed by atoms with E-state index in [4.69, 9.17) is 4.42 Å². The fourth-order valence-corrected chi connectivity index (χ4v) is 1.41. The number of aliphatic hydroxyl groups is 1. The minimum atomic E-state index is -1.08. The average molecular weight is 239 g/mol. The topological polar surface area (TPSA) is 69.8 Å². The van der Waals surface area contributed by atoms with Crippen molar-refractivity contribution < 1.29 is 9.52 Å². The molecular weight excluding hydrogens is 218 g/mol. The summed E-state index contributed by atoms with van der Waals surface area (Å²) >= 11 is 0. The Morgan fingerprint density at radius 2 is 2.06 bits per heavy atom. The van der Waals surface area contributed by atoms with Crippen LogP contribution in [0.1, 0.15) is 26.5 Å². The third kappa shape index (κ3) is 4.11. The van der Waals surface area contributed by atoms with Crippen LogP contribution in [0.4, 0.5) is 0 Å². The van der Waals surface area contributed by atoms with Crippen molar-refractivity contribution in [1.29, 1.82) is 0 Å². The van der Waals surface area contributed by atoms with Gasteiger partial charge in [-0.2, -0.15) is 0 Å². The molecule has 0 aliphatic heterocycles. The maximum absolute atomic E-state index is 10.2. The summed E-state index contributed by atoms with van der Waals surface area (Å²) in [6, 6.07) is 3.50. The van der Waals surface area contributed by atoms with Gasteiger partial charge >= 0.3 is 0 Å². The van der Waals surface area contributed by atoms with Gasteiger partial charge in [-0.05, 0) is 32.9 Å². The summed E-state index contributed by atoms with van der Waals surface area (Å²) in [6.45, 7) is 7.50. The highest BCUT2D eigenvalue weighted by molar-refractivity contribution is 5.79. The second kappa shape index (κ2) is 6.30. The second-order valence-corrected chi connectivity index (χ2v) is 3.98. The van der Waals surface area contributed by atoms with Crippen LogP contribution in [0.3, 0.4) is 0 Å². The van der Waals surface area contributed by atoms with Gasteiger partial charge in [-0.3, -0.25) is 0 Å². The van der Waals surface area contributed by atoms with Crippen LogP contribution in [-0.4, -0.2) is 30.7 Å². The Morgan fingerprint density at radius 1 is 1.41 bits per heavy atom. The quantitative estimate of drug-likeness (QED) is 0.531. The van der Waals surface area contributed by atoms with Crippen molar-refractivity contribution in [2.45, 2.75) is 26.4 Å². The number of nitrogens with zero attached hydrogens (tertiary/aromatic N) is 1. The van der Waals surface area contributed by atoms with Crippen LogP contribution in [0.25, 0.3) is 0 Å². The van der Waals surface area contributed by atoms with E-state index in [1.165, 1.54) is 0 Å². The fraction of sp³-hybridized carbons (Fsp3) is 0.583. The molecule has 96 valence electrons. The summed E-state index contributed by atoms with van der Waals surface area (Å²) in [7, 11) is 0. The molecule has 0 aliphatic carbocycles. The lowest BCUT2D eigenvalue weighted by atomic mass is 10.0. The molecule has 3 N–H and O–H groups in total. The van der Waals surface area contributed by atoms with Gasteiger partial charge in [0, 0.05) is 13.1 Å². The molecule has 0 aromatic carbocycles. The van der Waals surface area contributed by atoms with E-state index in [-0.39, 0.29) is 6.54 Å². The van der Waals surface area contributed by atoms with Crippen molar-refractivity contribution in [3.05, 3.63) is 24.2 Å². The van der Waals surface area contributed by atoms with Gasteiger partial charge in [0.2, 0.25) is 0 Å². The van der Waals surface area contributed by atoms with Gasteiger partial charge < -0.3 is 20.2 Å². The van der Waals surface area contributed by atoms with Crippen LogP contribution in [-0.2, 0) is 5.60 Å². The van der Waals surface area contributed by atoms with Crippen molar-refractivity contribution in [1.82, 2.24) is 10.6 Å².